The predicted molar refractivity (Wildman–Crippen MR) is 83.1 cm³/mol. The summed E-state index contributed by atoms with van der Waals surface area (Å²) in [7, 11) is 0. The molecule has 1 aromatic heterocycles. The van der Waals surface area contributed by atoms with Gasteiger partial charge in [-0.1, -0.05) is 32.3 Å². The van der Waals surface area contributed by atoms with Gasteiger partial charge in [0.1, 0.15) is 11.6 Å². The molecule has 0 aliphatic heterocycles. The Balaban J connectivity index is 1.82. The molecular weight excluding hydrogens is 248 g/mol. The first-order valence-electron chi connectivity index (χ1n) is 7.48. The molecule has 2 N–H and O–H groups in total. The number of fused-ring (bicyclic) bond motifs is 1. The van der Waals surface area contributed by atoms with Gasteiger partial charge in [0.15, 0.2) is 0 Å². The molecule has 0 spiro atoms. The van der Waals surface area contributed by atoms with Crippen molar-refractivity contribution in [3.05, 3.63) is 30.5 Å². The van der Waals surface area contributed by atoms with Crippen molar-refractivity contribution in [1.29, 1.82) is 0 Å². The van der Waals surface area contributed by atoms with Crippen molar-refractivity contribution in [1.82, 2.24) is 4.98 Å². The van der Waals surface area contributed by atoms with Crippen molar-refractivity contribution in [2.45, 2.75) is 39.0 Å². The van der Waals surface area contributed by atoms with E-state index in [0.29, 0.717) is 5.41 Å². The monoisotopic (exact) mass is 270 g/mol. The Morgan fingerprint density at radius 2 is 2.00 bits per heavy atom. The number of aromatic hydroxyl groups is 1. The van der Waals surface area contributed by atoms with Gasteiger partial charge in [-0.3, -0.25) is 0 Å². The lowest BCUT2D eigenvalue weighted by Crippen LogP contribution is -2.29. The van der Waals surface area contributed by atoms with Crippen molar-refractivity contribution in [2.75, 3.05) is 11.9 Å². The molecule has 0 bridgehead atoms. The number of rotatable bonds is 3. The summed E-state index contributed by atoms with van der Waals surface area (Å²) in [5.41, 5.74) is 0.374. The lowest BCUT2D eigenvalue weighted by atomic mass is 9.76. The minimum atomic E-state index is 0.289. The van der Waals surface area contributed by atoms with Gasteiger partial charge in [0, 0.05) is 18.1 Å². The average Bonchev–Trinajstić information content (AvgIpc) is 2.46. The van der Waals surface area contributed by atoms with Gasteiger partial charge >= 0.3 is 0 Å². The van der Waals surface area contributed by atoms with Crippen molar-refractivity contribution in [3.63, 3.8) is 0 Å². The number of aromatic nitrogens is 1. The molecule has 1 aromatic carbocycles. The molecule has 0 radical (unpaired) electrons. The van der Waals surface area contributed by atoms with E-state index in [9.17, 15) is 5.11 Å². The van der Waals surface area contributed by atoms with Crippen molar-refractivity contribution in [2.24, 2.45) is 5.41 Å². The van der Waals surface area contributed by atoms with E-state index >= 15 is 0 Å². The van der Waals surface area contributed by atoms with Crippen LogP contribution in [0.2, 0.25) is 0 Å². The van der Waals surface area contributed by atoms with Crippen LogP contribution in [0, 0.1) is 5.41 Å². The largest absolute Gasteiger partial charge is 0.508 e. The third-order valence-electron chi connectivity index (χ3n) is 4.49. The van der Waals surface area contributed by atoms with Crippen LogP contribution in [0.4, 0.5) is 5.82 Å². The summed E-state index contributed by atoms with van der Waals surface area (Å²) in [4.78, 5) is 4.44. The highest BCUT2D eigenvalue weighted by molar-refractivity contribution is 5.92. The van der Waals surface area contributed by atoms with E-state index in [-0.39, 0.29) is 5.75 Å². The fourth-order valence-electron chi connectivity index (χ4n) is 3.18. The van der Waals surface area contributed by atoms with Crippen LogP contribution in [0.5, 0.6) is 5.75 Å². The van der Waals surface area contributed by atoms with Crippen LogP contribution >= 0.6 is 0 Å². The van der Waals surface area contributed by atoms with Gasteiger partial charge in [-0.05, 0) is 41.8 Å². The van der Waals surface area contributed by atoms with Crippen LogP contribution < -0.4 is 5.32 Å². The second-order valence-corrected chi connectivity index (χ2v) is 6.29. The number of hydrogen-bond donors (Lipinski definition) is 2. The summed E-state index contributed by atoms with van der Waals surface area (Å²) in [5, 5.41) is 15.3. The number of nitrogens with zero attached hydrogens (tertiary/aromatic N) is 1. The Labute approximate surface area is 120 Å². The van der Waals surface area contributed by atoms with Gasteiger partial charge in [0.2, 0.25) is 0 Å². The topological polar surface area (TPSA) is 45.2 Å². The van der Waals surface area contributed by atoms with Crippen LogP contribution in [0.3, 0.4) is 0 Å². The number of hydrogen-bond acceptors (Lipinski definition) is 3. The standard InChI is InChI=1S/C17H22N2O/c1-17(8-3-2-4-9-17)12-19-16-15-11-14(20)6-5-13(15)7-10-18-16/h5-7,10-11,20H,2-4,8-9,12H2,1H3,(H,18,19). The van der Waals surface area contributed by atoms with Crippen LogP contribution in [-0.4, -0.2) is 16.6 Å². The summed E-state index contributed by atoms with van der Waals surface area (Å²) in [6.45, 7) is 3.32. The van der Waals surface area contributed by atoms with Crippen molar-refractivity contribution < 1.29 is 5.11 Å². The zero-order valence-electron chi connectivity index (χ0n) is 12.0. The zero-order valence-corrected chi connectivity index (χ0v) is 12.0. The Bertz CT molecular complexity index is 603. The molecule has 0 unspecified atom stereocenters. The van der Waals surface area contributed by atoms with E-state index in [1.54, 1.807) is 12.1 Å². The maximum atomic E-state index is 9.67. The third kappa shape index (κ3) is 2.72. The van der Waals surface area contributed by atoms with E-state index in [0.717, 1.165) is 23.1 Å². The van der Waals surface area contributed by atoms with Crippen LogP contribution in [0.1, 0.15) is 39.0 Å². The number of benzene rings is 1. The fraction of sp³-hybridized carbons (Fsp3) is 0.471. The van der Waals surface area contributed by atoms with Gasteiger partial charge in [-0.2, -0.15) is 0 Å². The minimum Gasteiger partial charge on any atom is -0.508 e. The average molecular weight is 270 g/mol. The third-order valence-corrected chi connectivity index (χ3v) is 4.49. The van der Waals surface area contributed by atoms with E-state index in [2.05, 4.69) is 17.2 Å². The highest BCUT2D eigenvalue weighted by atomic mass is 16.3. The molecule has 1 heterocycles. The molecule has 0 amide bonds. The molecule has 20 heavy (non-hydrogen) atoms. The van der Waals surface area contributed by atoms with Gasteiger partial charge in [-0.25, -0.2) is 4.98 Å². The van der Waals surface area contributed by atoms with Gasteiger partial charge in [0.05, 0.1) is 0 Å². The SMILES string of the molecule is CC1(CNc2nccc3ccc(O)cc23)CCCCC1. The van der Waals surface area contributed by atoms with E-state index in [1.807, 2.05) is 18.3 Å². The number of pyridine rings is 1. The van der Waals surface area contributed by atoms with E-state index in [1.165, 1.54) is 32.1 Å². The first kappa shape index (κ1) is 13.2. The Kier molecular flexibility index (Phi) is 3.51. The zero-order chi connectivity index (χ0) is 14.0. The maximum Gasteiger partial charge on any atom is 0.133 e. The summed E-state index contributed by atoms with van der Waals surface area (Å²) < 4.78 is 0. The summed E-state index contributed by atoms with van der Waals surface area (Å²) in [5.74, 6) is 1.17. The molecule has 3 heteroatoms. The normalized spacial score (nSPS) is 18.1. The molecule has 1 aliphatic carbocycles. The molecule has 3 rings (SSSR count). The van der Waals surface area contributed by atoms with E-state index in [4.69, 9.17) is 0 Å². The highest BCUT2D eigenvalue weighted by Gasteiger charge is 2.26. The predicted octanol–water partition coefficient (Wildman–Crippen LogP) is 4.32. The lowest BCUT2D eigenvalue weighted by molar-refractivity contribution is 0.233. The summed E-state index contributed by atoms with van der Waals surface area (Å²) in [6, 6.07) is 7.41. The summed E-state index contributed by atoms with van der Waals surface area (Å²) in [6.07, 6.45) is 8.44. The molecule has 0 saturated heterocycles. The Hall–Kier alpha value is -1.77. The Morgan fingerprint density at radius 3 is 2.80 bits per heavy atom. The van der Waals surface area contributed by atoms with Crippen molar-refractivity contribution in [3.8, 4) is 5.75 Å². The van der Waals surface area contributed by atoms with E-state index < -0.39 is 0 Å². The number of anilines is 1. The molecule has 1 aliphatic rings. The number of phenolic OH excluding ortho intramolecular Hbond substituents is 1. The van der Waals surface area contributed by atoms with Crippen LogP contribution in [-0.2, 0) is 0 Å². The highest BCUT2D eigenvalue weighted by Crippen LogP contribution is 2.36. The fourth-order valence-corrected chi connectivity index (χ4v) is 3.18. The molecular formula is C17H22N2O. The molecule has 106 valence electrons. The summed E-state index contributed by atoms with van der Waals surface area (Å²) >= 11 is 0. The smallest absolute Gasteiger partial charge is 0.133 e. The lowest BCUT2D eigenvalue weighted by Gasteiger charge is -2.34. The quantitative estimate of drug-likeness (QED) is 0.873. The Morgan fingerprint density at radius 1 is 1.20 bits per heavy atom. The number of phenols is 1. The van der Waals surface area contributed by atoms with Crippen LogP contribution in [0.15, 0.2) is 30.5 Å². The molecule has 1 fully saturated rings. The molecule has 2 aromatic rings. The van der Waals surface area contributed by atoms with Gasteiger partial charge < -0.3 is 10.4 Å². The maximum absolute atomic E-state index is 9.67. The number of nitrogens with one attached hydrogen (secondary N) is 1. The first-order valence-corrected chi connectivity index (χ1v) is 7.48. The van der Waals surface area contributed by atoms with Crippen LogP contribution in [0.25, 0.3) is 10.8 Å². The molecule has 1 saturated carbocycles. The first-order chi connectivity index (χ1) is 9.66. The minimum absolute atomic E-state index is 0.289. The second kappa shape index (κ2) is 5.31. The van der Waals surface area contributed by atoms with Gasteiger partial charge in [-0.15, -0.1) is 0 Å². The van der Waals surface area contributed by atoms with Crippen molar-refractivity contribution >= 4 is 16.6 Å². The van der Waals surface area contributed by atoms with Gasteiger partial charge in [0.25, 0.3) is 0 Å². The molecule has 0 atom stereocenters. The second-order valence-electron chi connectivity index (χ2n) is 6.29. The molecule has 3 nitrogen and oxygen atoms in total.